The van der Waals surface area contributed by atoms with E-state index in [4.69, 9.17) is 0 Å². The molecule has 0 radical (unpaired) electrons. The molecule has 20 heavy (non-hydrogen) atoms. The zero-order valence-corrected chi connectivity index (χ0v) is 12.3. The lowest BCUT2D eigenvalue weighted by molar-refractivity contribution is -0.129. The number of nitrogens with zero attached hydrogens (tertiary/aromatic N) is 1. The molecule has 0 saturated carbocycles. The number of nitrogens with one attached hydrogen (secondary N) is 1. The highest BCUT2D eigenvalue weighted by Crippen LogP contribution is 2.43. The second-order valence-corrected chi connectivity index (χ2v) is 6.11. The molecule has 6 heteroatoms. The smallest absolute Gasteiger partial charge is 0.236 e. The minimum Gasteiger partial charge on any atom is -0.324 e. The summed E-state index contributed by atoms with van der Waals surface area (Å²) in [6, 6.07) is 3.52. The van der Waals surface area contributed by atoms with E-state index in [2.05, 4.69) is 5.32 Å². The van der Waals surface area contributed by atoms with Crippen LogP contribution in [0, 0.1) is 11.6 Å². The summed E-state index contributed by atoms with van der Waals surface area (Å²) in [5.74, 6) is -1.20. The fraction of sp³-hybridized carbons (Fsp3) is 0.500. The highest BCUT2D eigenvalue weighted by Gasteiger charge is 2.39. The number of carbonyl (C=O) groups excluding carboxylic acids is 1. The third-order valence-corrected chi connectivity index (χ3v) is 4.63. The first-order valence-electron chi connectivity index (χ1n) is 6.66. The first kappa shape index (κ1) is 15.3. The van der Waals surface area contributed by atoms with E-state index in [1.165, 1.54) is 23.9 Å². The molecule has 1 N–H and O–H groups in total. The molecule has 0 aromatic heterocycles. The normalized spacial score (nSPS) is 22.6. The number of benzene rings is 1. The predicted molar refractivity (Wildman–Crippen MR) is 76.4 cm³/mol. The van der Waals surface area contributed by atoms with Gasteiger partial charge in [-0.15, -0.1) is 11.8 Å². The van der Waals surface area contributed by atoms with Crippen LogP contribution in [0.25, 0.3) is 0 Å². The van der Waals surface area contributed by atoms with Crippen molar-refractivity contribution in [2.75, 3.05) is 19.6 Å². The monoisotopic (exact) mass is 300 g/mol. The van der Waals surface area contributed by atoms with Gasteiger partial charge in [0, 0.05) is 24.7 Å². The number of hydrogen-bond donors (Lipinski definition) is 1. The fourth-order valence-corrected chi connectivity index (χ4v) is 3.55. The topological polar surface area (TPSA) is 32.3 Å². The van der Waals surface area contributed by atoms with Crippen molar-refractivity contribution < 1.29 is 13.6 Å². The molecule has 3 nitrogen and oxygen atoms in total. The first-order valence-corrected chi connectivity index (χ1v) is 7.60. The molecule has 0 bridgehead atoms. The van der Waals surface area contributed by atoms with Gasteiger partial charge in [-0.25, -0.2) is 8.78 Å². The van der Waals surface area contributed by atoms with E-state index in [1.54, 1.807) is 4.90 Å². The largest absolute Gasteiger partial charge is 0.324 e. The van der Waals surface area contributed by atoms with Gasteiger partial charge >= 0.3 is 0 Å². The van der Waals surface area contributed by atoms with E-state index in [1.807, 2.05) is 13.8 Å². The Bertz CT molecular complexity index is 498. The Balaban J connectivity index is 2.21. The molecule has 1 amide bonds. The van der Waals surface area contributed by atoms with Gasteiger partial charge in [0.25, 0.3) is 0 Å². The van der Waals surface area contributed by atoms with Crippen molar-refractivity contribution in [3.05, 3.63) is 35.4 Å². The molecule has 0 aliphatic carbocycles. The Morgan fingerprint density at radius 3 is 2.80 bits per heavy atom. The molecule has 2 unspecified atom stereocenters. The van der Waals surface area contributed by atoms with Crippen LogP contribution in [0.1, 0.15) is 24.8 Å². The van der Waals surface area contributed by atoms with Crippen LogP contribution in [-0.2, 0) is 4.79 Å². The van der Waals surface area contributed by atoms with Gasteiger partial charge in [-0.2, -0.15) is 0 Å². The van der Waals surface area contributed by atoms with Crippen molar-refractivity contribution in [1.29, 1.82) is 0 Å². The lowest BCUT2D eigenvalue weighted by Crippen LogP contribution is -2.36. The lowest BCUT2D eigenvalue weighted by Gasteiger charge is -2.24. The second-order valence-electron chi connectivity index (χ2n) is 4.68. The van der Waals surface area contributed by atoms with Crippen LogP contribution < -0.4 is 5.32 Å². The van der Waals surface area contributed by atoms with Crippen LogP contribution in [0.3, 0.4) is 0 Å². The Morgan fingerprint density at radius 1 is 1.40 bits per heavy atom. The van der Waals surface area contributed by atoms with Crippen LogP contribution in [0.2, 0.25) is 0 Å². The number of halogens is 2. The van der Waals surface area contributed by atoms with Crippen molar-refractivity contribution >= 4 is 17.7 Å². The van der Waals surface area contributed by atoms with Gasteiger partial charge in [-0.05, 0) is 19.5 Å². The van der Waals surface area contributed by atoms with Crippen molar-refractivity contribution in [2.24, 2.45) is 0 Å². The molecule has 1 aliphatic rings. The number of likely N-dealkylation sites (N-methyl/N-ethyl adjacent to an activating group) is 1. The number of carbonyl (C=O) groups is 1. The summed E-state index contributed by atoms with van der Waals surface area (Å²) in [5.41, 5.74) is 0.366. The third kappa shape index (κ3) is 3.12. The zero-order valence-electron chi connectivity index (χ0n) is 11.5. The Hall–Kier alpha value is -1.14. The van der Waals surface area contributed by atoms with E-state index < -0.39 is 11.6 Å². The summed E-state index contributed by atoms with van der Waals surface area (Å²) in [4.78, 5) is 13.8. The van der Waals surface area contributed by atoms with Crippen LogP contribution in [0.4, 0.5) is 8.78 Å². The summed E-state index contributed by atoms with van der Waals surface area (Å²) in [6.07, 6.45) is 0. The van der Waals surface area contributed by atoms with E-state index in [0.717, 1.165) is 12.6 Å². The van der Waals surface area contributed by atoms with Gasteiger partial charge < -0.3 is 10.2 Å². The van der Waals surface area contributed by atoms with Crippen molar-refractivity contribution in [3.8, 4) is 0 Å². The molecular weight excluding hydrogens is 282 g/mol. The molecule has 1 aromatic rings. The van der Waals surface area contributed by atoms with Crippen LogP contribution in [-0.4, -0.2) is 35.7 Å². The lowest BCUT2D eigenvalue weighted by atomic mass is 10.2. The number of thioether (sulfide) groups is 1. The molecule has 1 aromatic carbocycles. The minimum atomic E-state index is -0.604. The van der Waals surface area contributed by atoms with Gasteiger partial charge in [-0.1, -0.05) is 13.0 Å². The predicted octanol–water partition coefficient (Wildman–Crippen LogP) is 2.54. The maximum atomic E-state index is 13.9. The quantitative estimate of drug-likeness (QED) is 0.848. The second kappa shape index (κ2) is 6.54. The summed E-state index contributed by atoms with van der Waals surface area (Å²) >= 11 is 1.40. The standard InChI is InChI=1S/C14H18F2N2OS/c1-3-17-6-7-18-13(19)9(2)20-14(18)11-5-4-10(15)8-12(11)16/h4-5,8-9,14,17H,3,6-7H2,1-2H3. The summed E-state index contributed by atoms with van der Waals surface area (Å²) < 4.78 is 26.9. The Morgan fingerprint density at radius 2 is 2.15 bits per heavy atom. The fourth-order valence-electron chi connectivity index (χ4n) is 2.22. The van der Waals surface area contributed by atoms with Crippen molar-refractivity contribution in [1.82, 2.24) is 10.2 Å². The van der Waals surface area contributed by atoms with Gasteiger partial charge in [0.1, 0.15) is 17.0 Å². The summed E-state index contributed by atoms with van der Waals surface area (Å²) in [7, 11) is 0. The maximum absolute atomic E-state index is 13.9. The molecule has 2 atom stereocenters. The van der Waals surface area contributed by atoms with E-state index >= 15 is 0 Å². The summed E-state index contributed by atoms with van der Waals surface area (Å²) in [6.45, 7) is 5.80. The zero-order chi connectivity index (χ0) is 14.7. The molecule has 0 spiro atoms. The van der Waals surface area contributed by atoms with E-state index in [-0.39, 0.29) is 16.5 Å². The Kier molecular flexibility index (Phi) is 4.99. The van der Waals surface area contributed by atoms with Crippen LogP contribution in [0.15, 0.2) is 18.2 Å². The maximum Gasteiger partial charge on any atom is 0.236 e. The van der Waals surface area contributed by atoms with Gasteiger partial charge in [0.05, 0.1) is 5.25 Å². The number of hydrogen-bond acceptors (Lipinski definition) is 3. The number of amides is 1. The highest BCUT2D eigenvalue weighted by molar-refractivity contribution is 8.01. The SMILES string of the molecule is CCNCCN1C(=O)C(C)SC1c1ccc(F)cc1F. The van der Waals surface area contributed by atoms with Crippen molar-refractivity contribution in [2.45, 2.75) is 24.5 Å². The van der Waals surface area contributed by atoms with Crippen LogP contribution >= 0.6 is 11.8 Å². The van der Waals surface area contributed by atoms with Crippen molar-refractivity contribution in [3.63, 3.8) is 0 Å². The molecular formula is C14H18F2N2OS. The van der Waals surface area contributed by atoms with Gasteiger partial charge in [0.2, 0.25) is 5.91 Å². The third-order valence-electron chi connectivity index (χ3n) is 3.25. The number of rotatable bonds is 5. The molecule has 1 fully saturated rings. The van der Waals surface area contributed by atoms with E-state index in [0.29, 0.717) is 18.7 Å². The summed E-state index contributed by atoms with van der Waals surface area (Å²) in [5, 5.41) is 2.57. The molecule has 2 rings (SSSR count). The average molecular weight is 300 g/mol. The van der Waals surface area contributed by atoms with Crippen LogP contribution in [0.5, 0.6) is 0 Å². The molecule has 1 heterocycles. The molecule has 110 valence electrons. The average Bonchev–Trinajstić information content (AvgIpc) is 2.67. The van der Waals surface area contributed by atoms with Gasteiger partial charge in [-0.3, -0.25) is 4.79 Å². The highest BCUT2D eigenvalue weighted by atomic mass is 32.2. The molecule has 1 saturated heterocycles. The van der Waals surface area contributed by atoms with Gasteiger partial charge in [0.15, 0.2) is 0 Å². The Labute approximate surface area is 121 Å². The minimum absolute atomic E-state index is 0.00151. The van der Waals surface area contributed by atoms with E-state index in [9.17, 15) is 13.6 Å². The molecule has 1 aliphatic heterocycles. The first-order chi connectivity index (χ1) is 9.54.